The second-order valence-electron chi connectivity index (χ2n) is 4.19. The van der Waals surface area contributed by atoms with Crippen LogP contribution in [0.5, 0.6) is 5.75 Å². The van der Waals surface area contributed by atoms with Crippen molar-refractivity contribution >= 4 is 45.8 Å². The average molecular weight is 453 g/mol. The van der Waals surface area contributed by atoms with E-state index < -0.39 is 0 Å². The number of aromatic nitrogens is 4. The van der Waals surface area contributed by atoms with Gasteiger partial charge in [0.25, 0.3) is 0 Å². The van der Waals surface area contributed by atoms with Gasteiger partial charge in [0.15, 0.2) is 0 Å². The zero-order valence-corrected chi connectivity index (χ0v) is 15.2. The van der Waals surface area contributed by atoms with Crippen LogP contribution in [-0.4, -0.2) is 26.4 Å². The first-order valence-corrected chi connectivity index (χ1v) is 8.15. The summed E-state index contributed by atoms with van der Waals surface area (Å²) < 4.78 is 10.5. The van der Waals surface area contributed by atoms with E-state index >= 15 is 0 Å². The first-order valence-electron chi connectivity index (χ1n) is 6.32. The Morgan fingerprint density at radius 2 is 2.09 bits per heavy atom. The SMILES string of the molecule is CCCn1nnn(-c2cc(OCC#CI)c(Cl)cc2Cl)c1=O. The first-order chi connectivity index (χ1) is 10.6. The molecule has 0 aliphatic heterocycles. The van der Waals surface area contributed by atoms with Gasteiger partial charge in [0.2, 0.25) is 0 Å². The van der Waals surface area contributed by atoms with Gasteiger partial charge in [0, 0.05) is 35.2 Å². The molecule has 0 saturated heterocycles. The van der Waals surface area contributed by atoms with Crippen molar-refractivity contribution in [3.8, 4) is 21.3 Å². The quantitative estimate of drug-likeness (QED) is 0.517. The van der Waals surface area contributed by atoms with Gasteiger partial charge in [-0.05, 0) is 26.8 Å². The third-order valence-electron chi connectivity index (χ3n) is 2.67. The molecule has 0 amide bonds. The average Bonchev–Trinajstić information content (AvgIpc) is 2.83. The van der Waals surface area contributed by atoms with Crippen LogP contribution < -0.4 is 10.4 Å². The van der Waals surface area contributed by atoms with Gasteiger partial charge in [-0.1, -0.05) is 36.0 Å². The molecule has 0 N–H and O–H groups in total. The molecule has 116 valence electrons. The number of hydrogen-bond acceptors (Lipinski definition) is 4. The Labute approximate surface area is 150 Å². The number of hydrogen-bond donors (Lipinski definition) is 0. The van der Waals surface area contributed by atoms with Crippen LogP contribution in [0.25, 0.3) is 5.69 Å². The molecule has 0 aliphatic carbocycles. The Kier molecular flexibility index (Phi) is 6.11. The van der Waals surface area contributed by atoms with Crippen molar-refractivity contribution in [1.82, 2.24) is 19.8 Å². The van der Waals surface area contributed by atoms with Gasteiger partial charge < -0.3 is 4.74 Å². The molecule has 2 rings (SSSR count). The van der Waals surface area contributed by atoms with Crippen molar-refractivity contribution in [3.63, 3.8) is 0 Å². The normalized spacial score (nSPS) is 10.2. The molecular formula is C13H11Cl2IN4O2. The third-order valence-corrected chi connectivity index (χ3v) is 3.65. The number of ether oxygens (including phenoxy) is 1. The maximum Gasteiger partial charge on any atom is 0.368 e. The monoisotopic (exact) mass is 452 g/mol. The summed E-state index contributed by atoms with van der Waals surface area (Å²) >= 11 is 14.1. The van der Waals surface area contributed by atoms with Crippen molar-refractivity contribution in [1.29, 1.82) is 0 Å². The summed E-state index contributed by atoms with van der Waals surface area (Å²) in [5, 5.41) is 8.26. The highest BCUT2D eigenvalue weighted by molar-refractivity contribution is 14.1. The van der Waals surface area contributed by atoms with Gasteiger partial charge in [0.1, 0.15) is 12.4 Å². The Hall–Kier alpha value is -1.24. The summed E-state index contributed by atoms with van der Waals surface area (Å²) in [7, 11) is 0. The van der Waals surface area contributed by atoms with Crippen LogP contribution in [0.3, 0.4) is 0 Å². The van der Waals surface area contributed by atoms with E-state index in [1.54, 1.807) is 6.07 Å². The van der Waals surface area contributed by atoms with Crippen molar-refractivity contribution in [2.45, 2.75) is 19.9 Å². The molecule has 0 radical (unpaired) electrons. The fourth-order valence-electron chi connectivity index (χ4n) is 1.71. The van der Waals surface area contributed by atoms with Gasteiger partial charge in [-0.2, -0.15) is 9.36 Å². The molecule has 22 heavy (non-hydrogen) atoms. The zero-order valence-electron chi connectivity index (χ0n) is 11.5. The van der Waals surface area contributed by atoms with E-state index in [9.17, 15) is 4.79 Å². The molecule has 1 aromatic heterocycles. The zero-order chi connectivity index (χ0) is 16.1. The summed E-state index contributed by atoms with van der Waals surface area (Å²) in [5.41, 5.74) is -0.0140. The first kappa shape index (κ1) is 17.1. The topological polar surface area (TPSA) is 61.9 Å². The van der Waals surface area contributed by atoms with E-state index in [2.05, 4.69) is 20.3 Å². The number of halogens is 3. The molecular weight excluding hydrogens is 442 g/mol. The molecule has 1 heterocycles. The van der Waals surface area contributed by atoms with Gasteiger partial charge in [-0.25, -0.2) is 4.79 Å². The van der Waals surface area contributed by atoms with E-state index in [1.165, 1.54) is 10.7 Å². The highest BCUT2D eigenvalue weighted by atomic mass is 127. The summed E-state index contributed by atoms with van der Waals surface area (Å²) in [5.74, 6) is 3.12. The van der Waals surface area contributed by atoms with Gasteiger partial charge in [0.05, 0.1) is 15.7 Å². The molecule has 9 heteroatoms. The van der Waals surface area contributed by atoms with Crippen molar-refractivity contribution in [2.24, 2.45) is 0 Å². The van der Waals surface area contributed by atoms with E-state index in [-0.39, 0.29) is 17.3 Å². The molecule has 0 bridgehead atoms. The number of aryl methyl sites for hydroxylation is 1. The largest absolute Gasteiger partial charge is 0.479 e. The minimum absolute atomic E-state index is 0.182. The third kappa shape index (κ3) is 3.74. The molecule has 0 saturated carbocycles. The minimum atomic E-state index is -0.371. The number of nitrogens with zero attached hydrogens (tertiary/aromatic N) is 4. The summed E-state index contributed by atoms with van der Waals surface area (Å²) in [6.45, 7) is 2.61. The maximum atomic E-state index is 12.2. The molecule has 2 aromatic rings. The van der Waals surface area contributed by atoms with E-state index in [4.69, 9.17) is 27.9 Å². The minimum Gasteiger partial charge on any atom is -0.479 e. The smallest absolute Gasteiger partial charge is 0.368 e. The summed E-state index contributed by atoms with van der Waals surface area (Å²) in [6, 6.07) is 3.04. The van der Waals surface area contributed by atoms with Crippen molar-refractivity contribution in [3.05, 3.63) is 32.7 Å². The molecule has 0 atom stereocenters. The lowest BCUT2D eigenvalue weighted by molar-refractivity contribution is 0.370. The lowest BCUT2D eigenvalue weighted by atomic mass is 10.3. The number of benzene rings is 1. The van der Waals surface area contributed by atoms with E-state index in [0.29, 0.717) is 23.0 Å². The lowest BCUT2D eigenvalue weighted by Gasteiger charge is -2.09. The lowest BCUT2D eigenvalue weighted by Crippen LogP contribution is -2.24. The molecule has 6 nitrogen and oxygen atoms in total. The van der Waals surface area contributed by atoms with Crippen molar-refractivity contribution in [2.75, 3.05) is 6.61 Å². The van der Waals surface area contributed by atoms with Gasteiger partial charge >= 0.3 is 5.69 Å². The van der Waals surface area contributed by atoms with Crippen LogP contribution >= 0.6 is 45.8 Å². The van der Waals surface area contributed by atoms with E-state index in [1.807, 2.05) is 29.5 Å². The molecule has 0 aliphatic rings. The Morgan fingerprint density at radius 1 is 1.32 bits per heavy atom. The van der Waals surface area contributed by atoms with E-state index in [0.717, 1.165) is 11.1 Å². The van der Waals surface area contributed by atoms with Crippen LogP contribution in [0, 0.1) is 9.85 Å². The van der Waals surface area contributed by atoms with Crippen LogP contribution in [0.4, 0.5) is 0 Å². The Morgan fingerprint density at radius 3 is 2.77 bits per heavy atom. The van der Waals surface area contributed by atoms with Crippen LogP contribution in [0.2, 0.25) is 10.0 Å². The summed E-state index contributed by atoms with van der Waals surface area (Å²) in [6.07, 6.45) is 0.774. The Bertz CT molecular complexity index is 792. The fourth-order valence-corrected chi connectivity index (χ4v) is 2.38. The second kappa shape index (κ2) is 7.85. The van der Waals surface area contributed by atoms with Crippen LogP contribution in [-0.2, 0) is 6.54 Å². The van der Waals surface area contributed by atoms with Gasteiger partial charge in [-0.15, -0.1) is 0 Å². The molecule has 0 fully saturated rings. The van der Waals surface area contributed by atoms with Gasteiger partial charge in [-0.3, -0.25) is 0 Å². The fraction of sp³-hybridized carbons (Fsp3) is 0.308. The number of rotatable bonds is 5. The van der Waals surface area contributed by atoms with Crippen LogP contribution in [0.1, 0.15) is 13.3 Å². The standard InChI is InChI=1S/C13H11Cl2IN4O2/c1-2-5-19-13(21)20(18-17-19)11-8-12(22-6-3-4-16)10(15)7-9(11)14/h7-8H,2,5-6H2,1H3. The predicted molar refractivity (Wildman–Crippen MR) is 93.2 cm³/mol. The van der Waals surface area contributed by atoms with Crippen LogP contribution in [0.15, 0.2) is 16.9 Å². The highest BCUT2D eigenvalue weighted by Crippen LogP contribution is 2.32. The summed E-state index contributed by atoms with van der Waals surface area (Å²) in [4.78, 5) is 12.2. The second-order valence-corrected chi connectivity index (χ2v) is 5.54. The van der Waals surface area contributed by atoms with Crippen molar-refractivity contribution < 1.29 is 4.74 Å². The molecule has 0 unspecified atom stereocenters. The highest BCUT2D eigenvalue weighted by Gasteiger charge is 2.15. The molecule has 1 aromatic carbocycles. The number of tetrazole rings is 1. The maximum absolute atomic E-state index is 12.2. The Balaban J connectivity index is 2.43. The predicted octanol–water partition coefficient (Wildman–Crippen LogP) is 2.92. The molecule has 0 spiro atoms.